The molecule has 1 aliphatic rings. The summed E-state index contributed by atoms with van der Waals surface area (Å²) in [6, 6.07) is -0.172. The Morgan fingerprint density at radius 3 is 2.71 bits per heavy atom. The van der Waals surface area contributed by atoms with Crippen molar-refractivity contribution in [3.8, 4) is 0 Å². The molecule has 1 rings (SSSR count). The number of carbonyl (C=O) groups excluding carboxylic acids is 2. The smallest absolute Gasteiger partial charge is 0.317 e. The number of nitrogens with one attached hydrogen (secondary N) is 1. The first-order chi connectivity index (χ1) is 6.69. The molecule has 0 atom stereocenters. The number of urea groups is 1. The summed E-state index contributed by atoms with van der Waals surface area (Å²) in [6.07, 6.45) is 0.964. The first kappa shape index (κ1) is 10.8. The molecule has 5 nitrogen and oxygen atoms in total. The van der Waals surface area contributed by atoms with Gasteiger partial charge in [-0.15, -0.1) is 0 Å². The molecule has 14 heavy (non-hydrogen) atoms. The van der Waals surface area contributed by atoms with Crippen LogP contribution in [-0.2, 0) is 4.79 Å². The number of hydrogen-bond acceptors (Lipinski definition) is 2. The lowest BCUT2D eigenvalue weighted by molar-refractivity contribution is -0.134. The molecule has 3 amide bonds. The van der Waals surface area contributed by atoms with Gasteiger partial charge in [0, 0.05) is 26.7 Å². The Morgan fingerprint density at radius 2 is 2.21 bits per heavy atom. The van der Waals surface area contributed by atoms with Gasteiger partial charge in [0.25, 0.3) is 0 Å². The third kappa shape index (κ3) is 2.37. The topological polar surface area (TPSA) is 52.6 Å². The molecule has 0 radical (unpaired) electrons. The highest BCUT2D eigenvalue weighted by atomic mass is 16.2. The van der Waals surface area contributed by atoms with E-state index in [-0.39, 0.29) is 18.5 Å². The minimum absolute atomic E-state index is 0.0432. The van der Waals surface area contributed by atoms with E-state index in [9.17, 15) is 9.59 Å². The van der Waals surface area contributed by atoms with Gasteiger partial charge in [0.1, 0.15) is 6.54 Å². The summed E-state index contributed by atoms with van der Waals surface area (Å²) >= 11 is 0. The normalized spacial score (nSPS) is 17.1. The Hall–Kier alpha value is -1.26. The fourth-order valence-corrected chi connectivity index (χ4v) is 1.55. The van der Waals surface area contributed by atoms with Gasteiger partial charge in [0.2, 0.25) is 5.91 Å². The summed E-state index contributed by atoms with van der Waals surface area (Å²) in [5.74, 6) is 0.0432. The zero-order valence-corrected chi connectivity index (χ0v) is 8.75. The van der Waals surface area contributed by atoms with Crippen LogP contribution in [0.15, 0.2) is 0 Å². The largest absolute Gasteiger partial charge is 0.341 e. The highest BCUT2D eigenvalue weighted by Crippen LogP contribution is 2.03. The summed E-state index contributed by atoms with van der Waals surface area (Å²) in [6.45, 7) is 4.32. The van der Waals surface area contributed by atoms with Gasteiger partial charge in [-0.25, -0.2) is 4.79 Å². The minimum atomic E-state index is -0.172. The van der Waals surface area contributed by atoms with Crippen molar-refractivity contribution in [2.45, 2.75) is 13.3 Å². The summed E-state index contributed by atoms with van der Waals surface area (Å²) < 4.78 is 0. The molecule has 0 aliphatic carbocycles. The molecule has 1 fully saturated rings. The number of nitrogens with zero attached hydrogens (tertiary/aromatic N) is 2. The van der Waals surface area contributed by atoms with Crippen LogP contribution < -0.4 is 5.32 Å². The quantitative estimate of drug-likeness (QED) is 0.674. The summed E-state index contributed by atoms with van der Waals surface area (Å²) in [5, 5.41) is 2.52. The molecular formula is C9H17N3O2. The predicted molar refractivity (Wildman–Crippen MR) is 52.9 cm³/mol. The van der Waals surface area contributed by atoms with E-state index >= 15 is 0 Å². The fourth-order valence-electron chi connectivity index (χ4n) is 1.55. The van der Waals surface area contributed by atoms with Gasteiger partial charge in [-0.2, -0.15) is 0 Å². The standard InChI is InChI=1S/C9H17N3O2/c1-3-4-11-5-6-12(7-8(11)13)9(14)10-2/h3-7H2,1-2H3,(H,10,14). The lowest BCUT2D eigenvalue weighted by Gasteiger charge is -2.33. The highest BCUT2D eigenvalue weighted by Gasteiger charge is 2.25. The van der Waals surface area contributed by atoms with Crippen LogP contribution in [0, 0.1) is 0 Å². The average Bonchev–Trinajstić information content (AvgIpc) is 2.20. The first-order valence-corrected chi connectivity index (χ1v) is 4.93. The Labute approximate surface area is 84.0 Å². The van der Waals surface area contributed by atoms with E-state index in [1.807, 2.05) is 6.92 Å². The second-order valence-corrected chi connectivity index (χ2v) is 3.36. The predicted octanol–water partition coefficient (Wildman–Crippen LogP) is -0.120. The molecule has 0 aromatic heterocycles. The van der Waals surface area contributed by atoms with Crippen LogP contribution in [-0.4, -0.2) is 55.0 Å². The van der Waals surface area contributed by atoms with Crippen LogP contribution in [0.5, 0.6) is 0 Å². The third-order valence-electron chi connectivity index (χ3n) is 2.31. The Kier molecular flexibility index (Phi) is 3.73. The maximum Gasteiger partial charge on any atom is 0.317 e. The SMILES string of the molecule is CCCN1CCN(C(=O)NC)CC1=O. The number of carbonyl (C=O) groups is 2. The number of piperazine rings is 1. The van der Waals surface area contributed by atoms with Gasteiger partial charge in [-0.05, 0) is 6.42 Å². The minimum Gasteiger partial charge on any atom is -0.341 e. The van der Waals surface area contributed by atoms with Crippen molar-refractivity contribution in [3.05, 3.63) is 0 Å². The van der Waals surface area contributed by atoms with Gasteiger partial charge in [-0.1, -0.05) is 6.92 Å². The van der Waals surface area contributed by atoms with E-state index < -0.39 is 0 Å². The van der Waals surface area contributed by atoms with E-state index in [2.05, 4.69) is 5.32 Å². The van der Waals surface area contributed by atoms with Crippen LogP contribution in [0.3, 0.4) is 0 Å². The van der Waals surface area contributed by atoms with Gasteiger partial charge in [-0.3, -0.25) is 4.79 Å². The third-order valence-corrected chi connectivity index (χ3v) is 2.31. The van der Waals surface area contributed by atoms with Crippen molar-refractivity contribution in [1.82, 2.24) is 15.1 Å². The van der Waals surface area contributed by atoms with Crippen LogP contribution >= 0.6 is 0 Å². The monoisotopic (exact) mass is 199 g/mol. The van der Waals surface area contributed by atoms with Gasteiger partial charge in [0.05, 0.1) is 0 Å². The lowest BCUT2D eigenvalue weighted by Crippen LogP contribution is -2.54. The van der Waals surface area contributed by atoms with Crippen molar-refractivity contribution in [2.75, 3.05) is 33.2 Å². The molecule has 1 heterocycles. The van der Waals surface area contributed by atoms with Crippen LogP contribution in [0.1, 0.15) is 13.3 Å². The molecule has 1 saturated heterocycles. The Bertz CT molecular complexity index is 230. The molecule has 0 saturated carbocycles. The van der Waals surface area contributed by atoms with E-state index in [1.165, 1.54) is 4.90 Å². The Balaban J connectivity index is 2.46. The van der Waals surface area contributed by atoms with Crippen LogP contribution in [0.25, 0.3) is 0 Å². The van der Waals surface area contributed by atoms with E-state index in [0.29, 0.717) is 13.1 Å². The zero-order valence-electron chi connectivity index (χ0n) is 8.75. The first-order valence-electron chi connectivity index (χ1n) is 4.93. The van der Waals surface area contributed by atoms with Crippen molar-refractivity contribution in [3.63, 3.8) is 0 Å². The molecule has 1 N–H and O–H groups in total. The maximum absolute atomic E-state index is 11.5. The molecule has 80 valence electrons. The van der Waals surface area contributed by atoms with Crippen LogP contribution in [0.4, 0.5) is 4.79 Å². The highest BCUT2D eigenvalue weighted by molar-refractivity contribution is 5.85. The number of hydrogen-bond donors (Lipinski definition) is 1. The molecule has 1 aliphatic heterocycles. The molecule has 0 aromatic carbocycles. The molecule has 0 aromatic rings. The zero-order chi connectivity index (χ0) is 10.6. The summed E-state index contributed by atoms with van der Waals surface area (Å²) in [5.41, 5.74) is 0. The maximum atomic E-state index is 11.5. The van der Waals surface area contributed by atoms with Crippen molar-refractivity contribution < 1.29 is 9.59 Å². The second-order valence-electron chi connectivity index (χ2n) is 3.36. The van der Waals surface area contributed by atoms with Crippen LogP contribution in [0.2, 0.25) is 0 Å². The lowest BCUT2D eigenvalue weighted by atomic mass is 10.3. The summed E-state index contributed by atoms with van der Waals surface area (Å²) in [7, 11) is 1.57. The number of rotatable bonds is 2. The Morgan fingerprint density at radius 1 is 1.50 bits per heavy atom. The average molecular weight is 199 g/mol. The van der Waals surface area contributed by atoms with Crippen molar-refractivity contribution in [2.24, 2.45) is 0 Å². The van der Waals surface area contributed by atoms with Gasteiger partial charge >= 0.3 is 6.03 Å². The molecular weight excluding hydrogens is 182 g/mol. The van der Waals surface area contributed by atoms with E-state index in [0.717, 1.165) is 13.0 Å². The van der Waals surface area contributed by atoms with Crippen molar-refractivity contribution in [1.29, 1.82) is 0 Å². The van der Waals surface area contributed by atoms with E-state index in [1.54, 1.807) is 11.9 Å². The molecule has 0 bridgehead atoms. The summed E-state index contributed by atoms with van der Waals surface area (Å²) in [4.78, 5) is 26.1. The van der Waals surface area contributed by atoms with Gasteiger partial charge in [0.15, 0.2) is 0 Å². The number of amides is 3. The molecule has 0 unspecified atom stereocenters. The molecule has 0 spiro atoms. The van der Waals surface area contributed by atoms with Crippen molar-refractivity contribution >= 4 is 11.9 Å². The fraction of sp³-hybridized carbons (Fsp3) is 0.778. The van der Waals surface area contributed by atoms with E-state index in [4.69, 9.17) is 0 Å². The van der Waals surface area contributed by atoms with Gasteiger partial charge < -0.3 is 15.1 Å². The molecule has 5 heteroatoms. The second kappa shape index (κ2) is 4.83.